The Bertz CT molecular complexity index is 222. The molecule has 0 rings (SSSR count). The second-order valence-corrected chi connectivity index (χ2v) is 8.28. The molecular formula is C9H14OSi. The summed E-state index contributed by atoms with van der Waals surface area (Å²) >= 11 is 0. The predicted molar refractivity (Wildman–Crippen MR) is 50.9 cm³/mol. The van der Waals surface area contributed by atoms with E-state index in [1.165, 1.54) is 0 Å². The number of hydrogen-bond acceptors (Lipinski definition) is 1. The highest BCUT2D eigenvalue weighted by atomic mass is 28.3. The van der Waals surface area contributed by atoms with Gasteiger partial charge in [0.1, 0.15) is 14.4 Å². The predicted octanol–water partition coefficient (Wildman–Crippen LogP) is 2.01. The van der Waals surface area contributed by atoms with Crippen molar-refractivity contribution in [3.05, 3.63) is 11.6 Å². The third kappa shape index (κ3) is 7.08. The van der Waals surface area contributed by atoms with Crippen LogP contribution < -0.4 is 0 Å². The van der Waals surface area contributed by atoms with Gasteiger partial charge in [-0.2, -0.15) is 0 Å². The molecule has 0 aromatic heterocycles. The Labute approximate surface area is 69.5 Å². The molecule has 0 amide bonds. The van der Waals surface area contributed by atoms with Gasteiger partial charge in [0.15, 0.2) is 0 Å². The van der Waals surface area contributed by atoms with Crippen molar-refractivity contribution < 1.29 is 4.79 Å². The van der Waals surface area contributed by atoms with E-state index in [4.69, 9.17) is 0 Å². The van der Waals surface area contributed by atoms with Crippen LogP contribution in [0.1, 0.15) is 6.92 Å². The lowest BCUT2D eigenvalue weighted by atomic mass is 10.3. The van der Waals surface area contributed by atoms with Crippen LogP contribution in [-0.4, -0.2) is 14.4 Å². The van der Waals surface area contributed by atoms with E-state index in [0.29, 0.717) is 5.57 Å². The van der Waals surface area contributed by atoms with Gasteiger partial charge in [0, 0.05) is 0 Å². The van der Waals surface area contributed by atoms with Crippen molar-refractivity contribution in [2.75, 3.05) is 0 Å². The normalized spacial score (nSPS) is 11.8. The van der Waals surface area contributed by atoms with Gasteiger partial charge in [-0.05, 0) is 18.6 Å². The molecule has 0 atom stereocenters. The van der Waals surface area contributed by atoms with E-state index in [2.05, 4.69) is 31.1 Å². The Morgan fingerprint density at radius 1 is 1.36 bits per heavy atom. The summed E-state index contributed by atoms with van der Waals surface area (Å²) in [4.78, 5) is 10.1. The lowest BCUT2D eigenvalue weighted by Gasteiger charge is -2.02. The van der Waals surface area contributed by atoms with Crippen molar-refractivity contribution in [2.24, 2.45) is 0 Å². The van der Waals surface area contributed by atoms with Crippen molar-refractivity contribution in [1.82, 2.24) is 0 Å². The largest absolute Gasteiger partial charge is 0.298 e. The number of carbonyl (C=O) groups excluding carboxylic acids is 1. The fourth-order valence-electron chi connectivity index (χ4n) is 0.400. The Morgan fingerprint density at radius 3 is 2.27 bits per heavy atom. The van der Waals surface area contributed by atoms with Crippen LogP contribution in [0.2, 0.25) is 19.6 Å². The molecule has 2 heteroatoms. The summed E-state index contributed by atoms with van der Waals surface area (Å²) in [5, 5.41) is 0. The highest BCUT2D eigenvalue weighted by molar-refractivity contribution is 6.83. The van der Waals surface area contributed by atoms with Gasteiger partial charge < -0.3 is 0 Å². The van der Waals surface area contributed by atoms with Gasteiger partial charge in [0.2, 0.25) is 0 Å². The molecule has 0 spiro atoms. The second kappa shape index (κ2) is 4.15. The minimum atomic E-state index is -1.26. The van der Waals surface area contributed by atoms with Crippen LogP contribution in [0.4, 0.5) is 0 Å². The third-order valence-electron chi connectivity index (χ3n) is 0.933. The minimum absolute atomic E-state index is 0.691. The number of allylic oxidation sites excluding steroid dienone is 2. The van der Waals surface area contributed by atoms with E-state index in [-0.39, 0.29) is 0 Å². The molecule has 0 aromatic rings. The monoisotopic (exact) mass is 166 g/mol. The van der Waals surface area contributed by atoms with Gasteiger partial charge in [0.25, 0.3) is 0 Å². The molecule has 0 unspecified atom stereocenters. The molecule has 1 nitrogen and oxygen atoms in total. The van der Waals surface area contributed by atoms with E-state index in [0.717, 1.165) is 6.29 Å². The maximum absolute atomic E-state index is 10.1. The molecule has 0 aliphatic heterocycles. The summed E-state index contributed by atoms with van der Waals surface area (Å²) in [5.74, 6) is 2.89. The van der Waals surface area contributed by atoms with Crippen LogP contribution in [0, 0.1) is 11.5 Å². The SMILES string of the molecule is C/C(C=O)=C\C#C[Si](C)(C)C. The fourth-order valence-corrected chi connectivity index (χ4v) is 0.906. The maximum atomic E-state index is 10.1. The molecule has 0 aliphatic carbocycles. The lowest BCUT2D eigenvalue weighted by molar-refractivity contribution is -0.104. The van der Waals surface area contributed by atoms with Crippen LogP contribution in [0.25, 0.3) is 0 Å². The Morgan fingerprint density at radius 2 is 1.91 bits per heavy atom. The zero-order valence-electron chi connectivity index (χ0n) is 7.56. The first-order valence-corrected chi connectivity index (χ1v) is 7.10. The smallest absolute Gasteiger partial charge is 0.146 e. The fraction of sp³-hybridized carbons (Fsp3) is 0.444. The average molecular weight is 166 g/mol. The zero-order chi connectivity index (χ0) is 8.91. The molecule has 0 aliphatic rings. The Hall–Kier alpha value is -0.813. The Kier molecular flexibility index (Phi) is 3.84. The molecular weight excluding hydrogens is 152 g/mol. The number of aldehydes is 1. The van der Waals surface area contributed by atoms with Crippen LogP contribution in [0.15, 0.2) is 11.6 Å². The van der Waals surface area contributed by atoms with Crippen molar-refractivity contribution in [3.63, 3.8) is 0 Å². The summed E-state index contributed by atoms with van der Waals surface area (Å²) in [6, 6.07) is 0. The molecule has 0 heterocycles. The van der Waals surface area contributed by atoms with Gasteiger partial charge in [-0.15, -0.1) is 5.54 Å². The van der Waals surface area contributed by atoms with E-state index in [1.54, 1.807) is 13.0 Å². The molecule has 60 valence electrons. The minimum Gasteiger partial charge on any atom is -0.298 e. The molecule has 0 saturated heterocycles. The highest BCUT2D eigenvalue weighted by Gasteiger charge is 2.06. The quantitative estimate of drug-likeness (QED) is 0.252. The maximum Gasteiger partial charge on any atom is 0.146 e. The topological polar surface area (TPSA) is 17.1 Å². The summed E-state index contributed by atoms with van der Waals surface area (Å²) in [6.45, 7) is 8.27. The number of rotatable bonds is 1. The van der Waals surface area contributed by atoms with Crippen LogP contribution in [0.3, 0.4) is 0 Å². The van der Waals surface area contributed by atoms with Gasteiger partial charge in [-0.1, -0.05) is 25.6 Å². The van der Waals surface area contributed by atoms with Gasteiger partial charge >= 0.3 is 0 Å². The Balaban J connectivity index is 4.22. The van der Waals surface area contributed by atoms with E-state index >= 15 is 0 Å². The second-order valence-electron chi connectivity index (χ2n) is 3.53. The molecule has 0 N–H and O–H groups in total. The van der Waals surface area contributed by atoms with Crippen LogP contribution >= 0.6 is 0 Å². The number of hydrogen-bond donors (Lipinski definition) is 0. The molecule has 0 fully saturated rings. The summed E-state index contributed by atoms with van der Waals surface area (Å²) in [7, 11) is -1.26. The van der Waals surface area contributed by atoms with Crippen molar-refractivity contribution in [3.8, 4) is 11.5 Å². The van der Waals surface area contributed by atoms with Gasteiger partial charge in [-0.25, -0.2) is 0 Å². The first-order valence-electron chi connectivity index (χ1n) is 3.60. The van der Waals surface area contributed by atoms with E-state index in [9.17, 15) is 4.79 Å². The molecule has 0 bridgehead atoms. The average Bonchev–Trinajstić information content (AvgIpc) is 1.85. The standard InChI is InChI=1S/C9H14OSi/c1-9(8-10)6-5-7-11(2,3)4/h6,8H,1-4H3/b9-6+. The summed E-state index contributed by atoms with van der Waals surface area (Å²) in [5.41, 5.74) is 3.83. The molecule has 0 saturated carbocycles. The first-order chi connectivity index (χ1) is 4.95. The molecule has 0 radical (unpaired) electrons. The van der Waals surface area contributed by atoms with Crippen molar-refractivity contribution >= 4 is 14.4 Å². The zero-order valence-corrected chi connectivity index (χ0v) is 8.56. The summed E-state index contributed by atoms with van der Waals surface area (Å²) in [6.07, 6.45) is 2.49. The third-order valence-corrected chi connectivity index (χ3v) is 1.83. The van der Waals surface area contributed by atoms with Crippen LogP contribution in [-0.2, 0) is 4.79 Å². The first kappa shape index (κ1) is 10.2. The number of carbonyl (C=O) groups is 1. The van der Waals surface area contributed by atoms with Crippen LogP contribution in [0.5, 0.6) is 0 Å². The lowest BCUT2D eigenvalue weighted by Crippen LogP contribution is -2.16. The van der Waals surface area contributed by atoms with Crippen molar-refractivity contribution in [2.45, 2.75) is 26.6 Å². The van der Waals surface area contributed by atoms with E-state index in [1.807, 2.05) is 0 Å². The molecule has 0 aromatic carbocycles. The molecule has 11 heavy (non-hydrogen) atoms. The van der Waals surface area contributed by atoms with E-state index < -0.39 is 8.07 Å². The highest BCUT2D eigenvalue weighted by Crippen LogP contribution is 1.96. The van der Waals surface area contributed by atoms with Gasteiger partial charge in [-0.3, -0.25) is 4.79 Å². The van der Waals surface area contributed by atoms with Gasteiger partial charge in [0.05, 0.1) is 0 Å². The van der Waals surface area contributed by atoms with Crippen molar-refractivity contribution in [1.29, 1.82) is 0 Å². The summed E-state index contributed by atoms with van der Waals surface area (Å²) < 4.78 is 0.